The van der Waals surface area contributed by atoms with E-state index in [1.807, 2.05) is 0 Å². The fraction of sp³-hybridized carbons (Fsp3) is 0.568. The summed E-state index contributed by atoms with van der Waals surface area (Å²) in [6, 6.07) is 14.6. The zero-order valence-corrected chi connectivity index (χ0v) is 34.8. The van der Waals surface area contributed by atoms with Gasteiger partial charge in [0.1, 0.15) is 35.6 Å². The van der Waals surface area contributed by atoms with E-state index in [0.717, 1.165) is 13.8 Å². The molecule has 59 heavy (non-hydrogen) atoms. The molecule has 2 bridgehead atoms. The first-order valence-corrected chi connectivity index (χ1v) is 19.7. The third-order valence-corrected chi connectivity index (χ3v) is 12.9. The van der Waals surface area contributed by atoms with Gasteiger partial charge in [-0.1, -0.05) is 62.4 Å². The van der Waals surface area contributed by atoms with E-state index in [9.17, 15) is 44.4 Å². The van der Waals surface area contributed by atoms with Crippen molar-refractivity contribution in [2.45, 2.75) is 134 Å². The van der Waals surface area contributed by atoms with E-state index in [1.165, 1.54) is 26.0 Å². The highest BCUT2D eigenvalue weighted by atomic mass is 16.6. The molecule has 4 aliphatic rings. The van der Waals surface area contributed by atoms with Crippen molar-refractivity contribution in [3.8, 4) is 0 Å². The fourth-order valence-electron chi connectivity index (χ4n) is 9.76. The molecule has 2 aromatic carbocycles. The van der Waals surface area contributed by atoms with E-state index in [0.29, 0.717) is 5.56 Å². The Morgan fingerprint density at radius 3 is 2.07 bits per heavy atom. The topological polar surface area (TPSA) is 224 Å². The molecule has 3 fully saturated rings. The lowest BCUT2D eigenvalue weighted by molar-refractivity contribution is -0.346. The number of alkyl carbamates (subject to hydrolysis) is 1. The number of nitrogens with one attached hydrogen (secondary N) is 1. The van der Waals surface area contributed by atoms with Crippen LogP contribution in [0.25, 0.3) is 0 Å². The number of esters is 3. The highest BCUT2D eigenvalue weighted by Gasteiger charge is 2.78. The van der Waals surface area contributed by atoms with Crippen LogP contribution in [0.4, 0.5) is 4.79 Å². The normalized spacial score (nSPS) is 33.9. The van der Waals surface area contributed by atoms with Gasteiger partial charge in [0.25, 0.3) is 0 Å². The number of ether oxygens (including phenoxy) is 5. The molecule has 1 amide bonds. The third-order valence-electron chi connectivity index (χ3n) is 12.9. The van der Waals surface area contributed by atoms with Crippen LogP contribution in [0.2, 0.25) is 0 Å². The largest absolute Gasteiger partial charge is 0.456 e. The van der Waals surface area contributed by atoms with Crippen LogP contribution in [-0.2, 0) is 38.1 Å². The van der Waals surface area contributed by atoms with E-state index < -0.39 is 112 Å². The van der Waals surface area contributed by atoms with Crippen LogP contribution in [0.3, 0.4) is 0 Å². The molecule has 0 spiro atoms. The van der Waals surface area contributed by atoms with Gasteiger partial charge in [0.05, 0.1) is 35.6 Å². The smallest absolute Gasteiger partial charge is 0.408 e. The molecule has 5 N–H and O–H groups in total. The maximum atomic E-state index is 15.0. The summed E-state index contributed by atoms with van der Waals surface area (Å²) in [7, 11) is 0. The predicted octanol–water partition coefficient (Wildman–Crippen LogP) is 3.65. The quantitative estimate of drug-likeness (QED) is 0.146. The first-order chi connectivity index (χ1) is 27.3. The van der Waals surface area contributed by atoms with Crippen LogP contribution in [0.5, 0.6) is 0 Å². The third kappa shape index (κ3) is 7.24. The van der Waals surface area contributed by atoms with Gasteiger partial charge in [-0.3, -0.25) is 9.59 Å². The van der Waals surface area contributed by atoms with E-state index >= 15 is 0 Å². The number of benzene rings is 2. The summed E-state index contributed by atoms with van der Waals surface area (Å²) in [6.07, 6.45) is -9.51. The van der Waals surface area contributed by atoms with E-state index in [1.54, 1.807) is 83.1 Å². The van der Waals surface area contributed by atoms with Gasteiger partial charge in [0.15, 0.2) is 17.0 Å². The Labute approximate surface area is 343 Å². The molecule has 11 atom stereocenters. The molecule has 2 aromatic rings. The summed E-state index contributed by atoms with van der Waals surface area (Å²) >= 11 is 0. The first-order valence-electron chi connectivity index (χ1n) is 19.7. The number of ketones is 1. The Morgan fingerprint density at radius 1 is 0.932 bits per heavy atom. The van der Waals surface area contributed by atoms with E-state index in [4.69, 9.17) is 23.7 Å². The van der Waals surface area contributed by atoms with Crippen molar-refractivity contribution in [1.82, 2.24) is 5.32 Å². The van der Waals surface area contributed by atoms with Crippen LogP contribution >= 0.6 is 0 Å². The number of carbonyl (C=O) groups is 5. The number of aliphatic hydroxyl groups is 4. The van der Waals surface area contributed by atoms with Gasteiger partial charge >= 0.3 is 24.0 Å². The minimum absolute atomic E-state index is 0.0682. The molecule has 0 radical (unpaired) electrons. The lowest BCUT2D eigenvalue weighted by Crippen LogP contribution is -2.81. The zero-order valence-electron chi connectivity index (χ0n) is 34.8. The molecular formula is C44H55NO14. The Balaban J connectivity index is 1.51. The molecular weight excluding hydrogens is 766 g/mol. The summed E-state index contributed by atoms with van der Waals surface area (Å²) in [5, 5.41) is 52.2. The first kappa shape index (κ1) is 43.9. The van der Waals surface area contributed by atoms with Gasteiger partial charge in [-0.05, 0) is 70.4 Å². The van der Waals surface area contributed by atoms with Gasteiger partial charge < -0.3 is 49.4 Å². The number of aliphatic hydroxyl groups excluding tert-OH is 2. The molecule has 6 rings (SSSR count). The van der Waals surface area contributed by atoms with Crippen molar-refractivity contribution < 1.29 is 68.1 Å². The molecule has 1 heterocycles. The van der Waals surface area contributed by atoms with Crippen LogP contribution in [0.15, 0.2) is 71.8 Å². The maximum absolute atomic E-state index is 15.0. The standard InChI is InChI=1S/C44H55NO14/c1-23-27(56-37(51)42(9,53)33(25-16-12-10-13-17-25)45-38(52)59-39(3,4)5)21-44(54)35(57-36(50)26-18-14-11-15-19-26)32-41(8,34(49)31(48)30(23)40(44,6)7)28(47)20-29-43(32,22-55-29)58-24(2)46/h10-19,27-29,31-33,35,47-48,53-54H,20-22H2,1-9H3,(H,45,52)/t27-,28-,29+,31+,32-,33-,35-,41+,42+,43-,44-/m0/s1. The van der Waals surface area contributed by atoms with Crippen molar-refractivity contribution in [2.24, 2.45) is 16.7 Å². The SMILES string of the molecule is CC(=O)O[C@@]12CO[C@@H]1C[C@H](O)[C@@]1(C)C(=O)[C@H](O)C3=C(C)[C@@H](OC(=O)[C@](C)(O)[C@@H](NC(=O)OC(C)(C)C)c4ccccc4)C[C@](O)([C@@H](OC(=O)c4ccccc4)[C@H]21)C3(C)C. The molecule has 320 valence electrons. The number of hydrogen-bond donors (Lipinski definition) is 5. The predicted molar refractivity (Wildman–Crippen MR) is 208 cm³/mol. The molecule has 1 aliphatic heterocycles. The number of Topliss-reactive ketones (excluding diaryl/α,β-unsaturated/α-hetero) is 1. The fourth-order valence-corrected chi connectivity index (χ4v) is 9.76. The Kier molecular flexibility index (Phi) is 11.2. The number of fused-ring (bicyclic) bond motifs is 5. The zero-order chi connectivity index (χ0) is 43.7. The summed E-state index contributed by atoms with van der Waals surface area (Å²) < 4.78 is 29.7. The van der Waals surface area contributed by atoms with Crippen LogP contribution in [-0.4, -0.2) is 110 Å². The van der Waals surface area contributed by atoms with E-state index in [2.05, 4.69) is 5.32 Å². The summed E-state index contributed by atoms with van der Waals surface area (Å²) in [5.74, 6) is -5.39. The monoisotopic (exact) mass is 821 g/mol. The maximum Gasteiger partial charge on any atom is 0.408 e. The highest BCUT2D eigenvalue weighted by Crippen LogP contribution is 2.64. The number of rotatable bonds is 8. The van der Waals surface area contributed by atoms with Gasteiger partial charge in [-0.15, -0.1) is 0 Å². The Morgan fingerprint density at radius 2 is 1.53 bits per heavy atom. The van der Waals surface area contributed by atoms with Crippen molar-refractivity contribution in [2.75, 3.05) is 6.61 Å². The number of carbonyl (C=O) groups excluding carboxylic acids is 5. The molecule has 15 heteroatoms. The highest BCUT2D eigenvalue weighted by molar-refractivity contribution is 5.94. The average molecular weight is 822 g/mol. The lowest BCUT2D eigenvalue weighted by atomic mass is 9.44. The van der Waals surface area contributed by atoms with Gasteiger partial charge in [0.2, 0.25) is 0 Å². The van der Waals surface area contributed by atoms with Crippen LogP contribution in [0.1, 0.15) is 97.1 Å². The number of hydrogen-bond acceptors (Lipinski definition) is 14. The Bertz CT molecular complexity index is 2020. The molecule has 0 unspecified atom stereocenters. The van der Waals surface area contributed by atoms with E-state index in [-0.39, 0.29) is 29.7 Å². The average Bonchev–Trinajstić information content (AvgIpc) is 3.15. The van der Waals surface area contributed by atoms with Gasteiger partial charge in [-0.25, -0.2) is 14.4 Å². The van der Waals surface area contributed by atoms with Gasteiger partial charge in [0, 0.05) is 25.2 Å². The molecule has 1 saturated heterocycles. The summed E-state index contributed by atoms with van der Waals surface area (Å²) in [6.45, 7) is 12.9. The summed E-state index contributed by atoms with van der Waals surface area (Å²) in [5.41, 5.74) is -10.7. The van der Waals surface area contributed by atoms with Crippen LogP contribution < -0.4 is 5.32 Å². The second kappa shape index (κ2) is 15.1. The molecule has 0 aromatic heterocycles. The second-order valence-corrected chi connectivity index (χ2v) is 18.2. The number of amides is 1. The van der Waals surface area contributed by atoms with Crippen LogP contribution in [0, 0.1) is 16.7 Å². The minimum atomic E-state index is -2.50. The Hall–Kier alpha value is -4.67. The van der Waals surface area contributed by atoms with Gasteiger partial charge in [-0.2, -0.15) is 0 Å². The van der Waals surface area contributed by atoms with Crippen molar-refractivity contribution in [1.29, 1.82) is 0 Å². The summed E-state index contributed by atoms with van der Waals surface area (Å²) in [4.78, 5) is 69.5. The lowest BCUT2D eigenvalue weighted by Gasteiger charge is -2.67. The van der Waals surface area contributed by atoms with Crippen molar-refractivity contribution in [3.05, 3.63) is 82.9 Å². The second-order valence-electron chi connectivity index (χ2n) is 18.2. The van der Waals surface area contributed by atoms with Crippen molar-refractivity contribution in [3.63, 3.8) is 0 Å². The minimum Gasteiger partial charge on any atom is -0.456 e. The van der Waals surface area contributed by atoms with Crippen molar-refractivity contribution >= 4 is 29.8 Å². The molecule has 3 aliphatic carbocycles. The molecule has 2 saturated carbocycles. The molecule has 15 nitrogen and oxygen atoms in total.